The third kappa shape index (κ3) is 3.55. The molecule has 0 aliphatic carbocycles. The van der Waals surface area contributed by atoms with E-state index in [-0.39, 0.29) is 23.2 Å². The van der Waals surface area contributed by atoms with Crippen LogP contribution >= 0.6 is 11.6 Å². The molecule has 4 heteroatoms. The Balaban J connectivity index is 2.00. The summed E-state index contributed by atoms with van der Waals surface area (Å²) < 4.78 is 18.4. The van der Waals surface area contributed by atoms with Crippen molar-refractivity contribution in [3.05, 3.63) is 64.4 Å². The molecule has 0 aliphatic heterocycles. The van der Waals surface area contributed by atoms with E-state index in [9.17, 15) is 9.18 Å². The Morgan fingerprint density at radius 2 is 1.89 bits per heavy atom. The SMILES string of the molecule is Cc1ccc(C(=O)COc2ccc(Cl)c(F)c2)cc1. The molecule has 0 aromatic heterocycles. The van der Waals surface area contributed by atoms with Crippen LogP contribution in [0.3, 0.4) is 0 Å². The largest absolute Gasteiger partial charge is 0.485 e. The highest BCUT2D eigenvalue weighted by molar-refractivity contribution is 6.30. The van der Waals surface area contributed by atoms with E-state index >= 15 is 0 Å². The molecule has 0 saturated carbocycles. The molecule has 0 heterocycles. The lowest BCUT2D eigenvalue weighted by molar-refractivity contribution is 0.0921. The van der Waals surface area contributed by atoms with Gasteiger partial charge in [-0.25, -0.2) is 4.39 Å². The molecule has 0 unspecified atom stereocenters. The van der Waals surface area contributed by atoms with Crippen molar-refractivity contribution in [1.29, 1.82) is 0 Å². The second-order valence-electron chi connectivity index (χ2n) is 4.15. The van der Waals surface area contributed by atoms with E-state index in [1.165, 1.54) is 12.1 Å². The maximum Gasteiger partial charge on any atom is 0.200 e. The Hall–Kier alpha value is -1.87. The summed E-state index contributed by atoms with van der Waals surface area (Å²) in [7, 11) is 0. The lowest BCUT2D eigenvalue weighted by atomic mass is 10.1. The molecule has 2 aromatic rings. The van der Waals surface area contributed by atoms with Crippen LogP contribution in [-0.4, -0.2) is 12.4 Å². The van der Waals surface area contributed by atoms with Crippen LogP contribution in [0.15, 0.2) is 42.5 Å². The number of hydrogen-bond donors (Lipinski definition) is 0. The monoisotopic (exact) mass is 278 g/mol. The van der Waals surface area contributed by atoms with Crippen molar-refractivity contribution in [3.63, 3.8) is 0 Å². The quantitative estimate of drug-likeness (QED) is 0.789. The molecule has 0 saturated heterocycles. The van der Waals surface area contributed by atoms with E-state index in [0.29, 0.717) is 5.56 Å². The topological polar surface area (TPSA) is 26.3 Å². The molecule has 19 heavy (non-hydrogen) atoms. The predicted octanol–water partition coefficient (Wildman–Crippen LogP) is 4.05. The van der Waals surface area contributed by atoms with Crippen molar-refractivity contribution in [2.75, 3.05) is 6.61 Å². The summed E-state index contributed by atoms with van der Waals surface area (Å²) in [6.45, 7) is 1.81. The molecular weight excluding hydrogens is 267 g/mol. The molecule has 0 spiro atoms. The summed E-state index contributed by atoms with van der Waals surface area (Å²) in [6.07, 6.45) is 0. The zero-order valence-corrected chi connectivity index (χ0v) is 11.1. The molecule has 0 fully saturated rings. The lowest BCUT2D eigenvalue weighted by Crippen LogP contribution is -2.11. The second kappa shape index (κ2) is 5.85. The number of ether oxygens (including phenoxy) is 1. The van der Waals surface area contributed by atoms with Crippen molar-refractivity contribution in [2.24, 2.45) is 0 Å². The van der Waals surface area contributed by atoms with Gasteiger partial charge in [-0.15, -0.1) is 0 Å². The normalized spacial score (nSPS) is 10.3. The second-order valence-corrected chi connectivity index (χ2v) is 4.56. The van der Waals surface area contributed by atoms with Gasteiger partial charge in [0.15, 0.2) is 12.4 Å². The number of carbonyl (C=O) groups is 1. The minimum absolute atomic E-state index is 0.0252. The van der Waals surface area contributed by atoms with Gasteiger partial charge >= 0.3 is 0 Å². The first kappa shape index (κ1) is 13.6. The fourth-order valence-corrected chi connectivity index (χ4v) is 1.66. The van der Waals surface area contributed by atoms with Gasteiger partial charge in [0.25, 0.3) is 0 Å². The fourth-order valence-electron chi connectivity index (χ4n) is 1.54. The van der Waals surface area contributed by atoms with Gasteiger partial charge in [0.1, 0.15) is 11.6 Å². The van der Waals surface area contributed by atoms with Crippen LogP contribution in [0.2, 0.25) is 5.02 Å². The van der Waals surface area contributed by atoms with Crippen LogP contribution in [0.1, 0.15) is 15.9 Å². The Morgan fingerprint density at radius 3 is 2.53 bits per heavy atom. The summed E-state index contributed by atoms with van der Waals surface area (Å²) in [5.74, 6) is -0.445. The average molecular weight is 279 g/mol. The van der Waals surface area contributed by atoms with E-state index in [2.05, 4.69) is 0 Å². The van der Waals surface area contributed by atoms with E-state index < -0.39 is 5.82 Å². The van der Waals surface area contributed by atoms with Crippen LogP contribution in [0.4, 0.5) is 4.39 Å². The summed E-state index contributed by atoms with van der Waals surface area (Å²) in [5, 5.41) is 0.0252. The van der Waals surface area contributed by atoms with E-state index in [0.717, 1.165) is 11.6 Å². The molecule has 0 radical (unpaired) electrons. The molecule has 0 aliphatic rings. The number of hydrogen-bond acceptors (Lipinski definition) is 2. The van der Waals surface area contributed by atoms with Crippen molar-refractivity contribution < 1.29 is 13.9 Å². The molecule has 2 rings (SSSR count). The highest BCUT2D eigenvalue weighted by Gasteiger charge is 2.07. The number of ketones is 1. The Kier molecular flexibility index (Phi) is 4.17. The highest BCUT2D eigenvalue weighted by Crippen LogP contribution is 2.20. The molecule has 2 aromatic carbocycles. The van der Waals surface area contributed by atoms with Gasteiger partial charge < -0.3 is 4.74 Å². The van der Waals surface area contributed by atoms with Crippen molar-refractivity contribution in [2.45, 2.75) is 6.92 Å². The van der Waals surface area contributed by atoms with Crippen LogP contribution in [0.25, 0.3) is 0 Å². The maximum atomic E-state index is 13.2. The summed E-state index contributed by atoms with van der Waals surface area (Å²) in [5.41, 5.74) is 1.65. The first-order valence-corrected chi connectivity index (χ1v) is 6.12. The third-order valence-electron chi connectivity index (χ3n) is 2.63. The van der Waals surface area contributed by atoms with E-state index in [1.807, 2.05) is 19.1 Å². The molecule has 0 atom stereocenters. The van der Waals surface area contributed by atoms with Gasteiger partial charge in [-0.1, -0.05) is 41.4 Å². The van der Waals surface area contributed by atoms with Gasteiger partial charge in [0, 0.05) is 11.6 Å². The number of aryl methyl sites for hydroxylation is 1. The van der Waals surface area contributed by atoms with Gasteiger partial charge in [-0.05, 0) is 19.1 Å². The minimum atomic E-state index is -0.568. The average Bonchev–Trinajstić information content (AvgIpc) is 2.40. The number of benzene rings is 2. The van der Waals surface area contributed by atoms with Crippen molar-refractivity contribution in [3.8, 4) is 5.75 Å². The predicted molar refractivity (Wildman–Crippen MR) is 72.4 cm³/mol. The van der Waals surface area contributed by atoms with Gasteiger partial charge in [-0.2, -0.15) is 0 Å². The molecule has 0 bridgehead atoms. The van der Waals surface area contributed by atoms with Crippen LogP contribution < -0.4 is 4.74 Å². The standard InChI is InChI=1S/C15H12ClFO2/c1-10-2-4-11(5-3-10)15(18)9-19-12-6-7-13(16)14(17)8-12/h2-8H,9H2,1H3. The Labute approximate surface area is 115 Å². The lowest BCUT2D eigenvalue weighted by Gasteiger charge is -2.06. The van der Waals surface area contributed by atoms with E-state index in [4.69, 9.17) is 16.3 Å². The van der Waals surface area contributed by atoms with Gasteiger partial charge in [0.2, 0.25) is 0 Å². The van der Waals surface area contributed by atoms with Crippen LogP contribution in [0.5, 0.6) is 5.75 Å². The first-order chi connectivity index (χ1) is 9.06. The third-order valence-corrected chi connectivity index (χ3v) is 2.94. The van der Waals surface area contributed by atoms with Crippen molar-refractivity contribution in [1.82, 2.24) is 0 Å². The first-order valence-electron chi connectivity index (χ1n) is 5.74. The molecule has 98 valence electrons. The summed E-state index contributed by atoms with van der Waals surface area (Å²) >= 11 is 5.56. The zero-order chi connectivity index (χ0) is 13.8. The van der Waals surface area contributed by atoms with Gasteiger partial charge in [0.05, 0.1) is 5.02 Å². The molecule has 2 nitrogen and oxygen atoms in total. The number of Topliss-reactive ketones (excluding diaryl/α,β-unsaturated/α-hetero) is 1. The Morgan fingerprint density at radius 1 is 1.21 bits per heavy atom. The van der Waals surface area contributed by atoms with Crippen molar-refractivity contribution >= 4 is 17.4 Å². The highest BCUT2D eigenvalue weighted by atomic mass is 35.5. The number of rotatable bonds is 4. The minimum Gasteiger partial charge on any atom is -0.485 e. The number of carbonyl (C=O) groups excluding carboxylic acids is 1. The number of halogens is 2. The molecule has 0 amide bonds. The smallest absolute Gasteiger partial charge is 0.200 e. The van der Waals surface area contributed by atoms with Gasteiger partial charge in [-0.3, -0.25) is 4.79 Å². The molecule has 0 N–H and O–H groups in total. The van der Waals surface area contributed by atoms with Crippen LogP contribution in [-0.2, 0) is 0 Å². The van der Waals surface area contributed by atoms with E-state index in [1.54, 1.807) is 12.1 Å². The zero-order valence-electron chi connectivity index (χ0n) is 10.3. The fraction of sp³-hybridized carbons (Fsp3) is 0.133. The maximum absolute atomic E-state index is 13.2. The molecular formula is C15H12ClFO2. The Bertz CT molecular complexity index is 594. The summed E-state index contributed by atoms with van der Waals surface area (Å²) in [6, 6.07) is 11.3. The summed E-state index contributed by atoms with van der Waals surface area (Å²) in [4.78, 5) is 11.8. The van der Waals surface area contributed by atoms with Crippen LogP contribution in [0, 0.1) is 12.7 Å².